The first-order chi connectivity index (χ1) is 18.2. The molecule has 0 spiro atoms. The number of likely N-dealkylation sites (tertiary alicyclic amines) is 1. The van der Waals surface area contributed by atoms with Crippen LogP contribution in [-0.4, -0.2) is 83.3 Å². The maximum atomic E-state index is 13.6. The molecule has 2 fully saturated rings. The molecule has 1 aromatic heterocycles. The van der Waals surface area contributed by atoms with Gasteiger partial charge in [-0.1, -0.05) is 19.4 Å². The second kappa shape index (κ2) is 10.1. The number of rotatable bonds is 7. The second-order valence-corrected chi connectivity index (χ2v) is 11.0. The molecule has 1 N–H and O–H groups in total. The molecule has 3 atom stereocenters. The van der Waals surface area contributed by atoms with E-state index in [2.05, 4.69) is 10.3 Å². The molecule has 2 amide bonds. The Bertz CT molecular complexity index is 1400. The van der Waals surface area contributed by atoms with Gasteiger partial charge < -0.3 is 19.7 Å². The van der Waals surface area contributed by atoms with E-state index in [1.54, 1.807) is 18.2 Å². The fourth-order valence-corrected chi connectivity index (χ4v) is 6.56. The first-order valence-electron chi connectivity index (χ1n) is 12.2. The number of aromatic nitrogens is 1. The fourth-order valence-electron chi connectivity index (χ4n) is 5.09. The van der Waals surface area contributed by atoms with Gasteiger partial charge in [0.1, 0.15) is 17.8 Å². The average molecular weight is 543 g/mol. The highest BCUT2D eigenvalue weighted by Gasteiger charge is 2.55. The number of Topliss-reactive ketones (excluding diaryl/α,β-unsaturated/α-hetero) is 1. The Kier molecular flexibility index (Phi) is 6.88. The summed E-state index contributed by atoms with van der Waals surface area (Å²) in [6.07, 6.45) is 2.39. The van der Waals surface area contributed by atoms with Crippen molar-refractivity contribution < 1.29 is 37.1 Å². The fraction of sp³-hybridized carbons (Fsp3) is 0.400. The van der Waals surface area contributed by atoms with Crippen molar-refractivity contribution in [1.82, 2.24) is 19.5 Å². The Morgan fingerprint density at radius 3 is 2.68 bits per heavy atom. The third kappa shape index (κ3) is 4.52. The quantitative estimate of drug-likeness (QED) is 0.534. The van der Waals surface area contributed by atoms with E-state index < -0.39 is 57.4 Å². The summed E-state index contributed by atoms with van der Waals surface area (Å²) in [7, 11) is -4.54. The van der Waals surface area contributed by atoms with E-state index in [0.29, 0.717) is 24.3 Å². The van der Waals surface area contributed by atoms with E-state index in [1.165, 1.54) is 29.3 Å². The van der Waals surface area contributed by atoms with E-state index in [1.807, 2.05) is 6.92 Å². The van der Waals surface area contributed by atoms with Crippen molar-refractivity contribution in [3.05, 3.63) is 53.9 Å². The van der Waals surface area contributed by atoms with Gasteiger partial charge in [0.15, 0.2) is 17.3 Å². The van der Waals surface area contributed by atoms with Gasteiger partial charge in [0.05, 0.1) is 12.6 Å². The average Bonchev–Trinajstić information content (AvgIpc) is 3.64. The lowest BCUT2D eigenvalue weighted by Gasteiger charge is -2.28. The summed E-state index contributed by atoms with van der Waals surface area (Å²) in [6, 6.07) is 6.21. The molecule has 2 saturated heterocycles. The molecule has 200 valence electrons. The number of hydrogen-bond donors (Lipinski definition) is 1. The maximum Gasteiger partial charge on any atom is 0.310 e. The third-order valence-corrected chi connectivity index (χ3v) is 8.59. The van der Waals surface area contributed by atoms with Crippen molar-refractivity contribution in [2.75, 3.05) is 19.9 Å². The minimum atomic E-state index is -4.54. The Balaban J connectivity index is 1.32. The summed E-state index contributed by atoms with van der Waals surface area (Å²) in [5, 5.41) is 1.55. The van der Waals surface area contributed by atoms with Gasteiger partial charge in [-0.2, -0.15) is 4.31 Å². The number of fused-ring (bicyclic) bond motifs is 2. The molecule has 5 rings (SSSR count). The molecule has 38 heavy (non-hydrogen) atoms. The molecule has 0 bridgehead atoms. The molecule has 3 aliphatic rings. The number of sulfonamides is 1. The highest BCUT2D eigenvalue weighted by atomic mass is 32.2. The van der Waals surface area contributed by atoms with Gasteiger partial charge in [-0.15, -0.1) is 0 Å². The van der Waals surface area contributed by atoms with Crippen molar-refractivity contribution in [3.63, 3.8) is 0 Å². The molecule has 0 saturated carbocycles. The van der Waals surface area contributed by atoms with Crippen LogP contribution < -0.4 is 14.8 Å². The summed E-state index contributed by atoms with van der Waals surface area (Å²) < 4.78 is 37.7. The SMILES string of the molecule is CCCC(NC(=O)c1ccc2c(c1)OCO2)C(=O)N1CCC2C1C(=O)CN2S(=O)(=O)C(=O)c1ccccn1. The van der Waals surface area contributed by atoms with Crippen molar-refractivity contribution in [1.29, 1.82) is 0 Å². The molecule has 3 unspecified atom stereocenters. The number of carbonyl (C=O) groups is 4. The number of benzene rings is 1. The molecule has 12 nitrogen and oxygen atoms in total. The zero-order valence-electron chi connectivity index (χ0n) is 20.5. The van der Waals surface area contributed by atoms with Crippen molar-refractivity contribution in [2.24, 2.45) is 0 Å². The van der Waals surface area contributed by atoms with Crippen molar-refractivity contribution >= 4 is 32.7 Å². The zero-order valence-corrected chi connectivity index (χ0v) is 21.3. The molecule has 3 aliphatic heterocycles. The molecule has 2 aromatic rings. The predicted octanol–water partition coefficient (Wildman–Crippen LogP) is 0.733. The molecule has 4 heterocycles. The smallest absolute Gasteiger partial charge is 0.310 e. The van der Waals surface area contributed by atoms with Crippen LogP contribution >= 0.6 is 0 Å². The molecular formula is C25H26N4O8S. The van der Waals surface area contributed by atoms with Crippen LogP contribution in [0.5, 0.6) is 11.5 Å². The number of ether oxygens (including phenoxy) is 2. The molecule has 1 aromatic carbocycles. The van der Waals surface area contributed by atoms with Gasteiger partial charge in [0, 0.05) is 18.3 Å². The first-order valence-corrected chi connectivity index (χ1v) is 13.7. The van der Waals surface area contributed by atoms with Gasteiger partial charge in [0.2, 0.25) is 12.7 Å². The summed E-state index contributed by atoms with van der Waals surface area (Å²) in [5.41, 5.74) is 0.0354. The highest BCUT2D eigenvalue weighted by molar-refractivity contribution is 8.04. The van der Waals surface area contributed by atoms with Crippen LogP contribution in [-0.2, 0) is 19.6 Å². The minimum absolute atomic E-state index is 0.0586. The Morgan fingerprint density at radius 1 is 1.16 bits per heavy atom. The Labute approximate surface area is 219 Å². The van der Waals surface area contributed by atoms with Crippen LogP contribution in [0.25, 0.3) is 0 Å². The van der Waals surface area contributed by atoms with Gasteiger partial charge in [-0.05, 0) is 43.2 Å². The normalized spacial score (nSPS) is 21.3. The number of amides is 2. The van der Waals surface area contributed by atoms with Gasteiger partial charge in [-0.3, -0.25) is 24.2 Å². The van der Waals surface area contributed by atoms with E-state index >= 15 is 0 Å². The van der Waals surface area contributed by atoms with E-state index in [0.717, 1.165) is 4.31 Å². The van der Waals surface area contributed by atoms with Crippen LogP contribution in [0.3, 0.4) is 0 Å². The summed E-state index contributed by atoms with van der Waals surface area (Å²) in [4.78, 5) is 57.4. The standard InChI is InChI=1S/C25H26N4O8S/c1-2-5-16(27-23(31)15-7-8-20-21(12-15)37-14-36-20)24(32)28-11-9-18-22(28)19(30)13-29(18)38(34,35)25(33)17-6-3-4-10-26-17/h3-4,6-8,10,12,16,18,22H,2,5,9,11,13-14H2,1H3,(H,27,31). The number of nitrogens with zero attached hydrogens (tertiary/aromatic N) is 3. The molecular weight excluding hydrogens is 516 g/mol. The Morgan fingerprint density at radius 2 is 1.95 bits per heavy atom. The largest absolute Gasteiger partial charge is 0.454 e. The zero-order chi connectivity index (χ0) is 27.0. The predicted molar refractivity (Wildman–Crippen MR) is 132 cm³/mol. The Hall–Kier alpha value is -3.84. The number of ketones is 1. The minimum Gasteiger partial charge on any atom is -0.454 e. The lowest BCUT2D eigenvalue weighted by atomic mass is 10.1. The summed E-state index contributed by atoms with van der Waals surface area (Å²) >= 11 is 0. The van der Waals surface area contributed by atoms with Crippen LogP contribution in [0.15, 0.2) is 42.6 Å². The topological polar surface area (TPSA) is 152 Å². The lowest BCUT2D eigenvalue weighted by Crippen LogP contribution is -2.52. The van der Waals surface area contributed by atoms with Gasteiger partial charge >= 0.3 is 5.12 Å². The monoisotopic (exact) mass is 542 g/mol. The van der Waals surface area contributed by atoms with Crippen LogP contribution in [0, 0.1) is 0 Å². The maximum absolute atomic E-state index is 13.6. The van der Waals surface area contributed by atoms with E-state index in [-0.39, 0.29) is 31.0 Å². The lowest BCUT2D eigenvalue weighted by molar-refractivity contribution is -0.138. The third-order valence-electron chi connectivity index (χ3n) is 6.89. The summed E-state index contributed by atoms with van der Waals surface area (Å²) in [5.74, 6) is -0.496. The van der Waals surface area contributed by atoms with Crippen molar-refractivity contribution in [3.8, 4) is 11.5 Å². The number of carbonyl (C=O) groups excluding carboxylic acids is 4. The van der Waals surface area contributed by atoms with Crippen LogP contribution in [0.4, 0.5) is 0 Å². The molecule has 0 radical (unpaired) electrons. The second-order valence-electron chi connectivity index (χ2n) is 9.23. The summed E-state index contributed by atoms with van der Waals surface area (Å²) in [6.45, 7) is 1.52. The number of hydrogen-bond acceptors (Lipinski definition) is 9. The number of pyridine rings is 1. The van der Waals surface area contributed by atoms with E-state index in [4.69, 9.17) is 9.47 Å². The number of nitrogens with one attached hydrogen (secondary N) is 1. The highest BCUT2D eigenvalue weighted by Crippen LogP contribution is 2.34. The van der Waals surface area contributed by atoms with Gasteiger partial charge in [-0.25, -0.2) is 8.42 Å². The van der Waals surface area contributed by atoms with Crippen molar-refractivity contribution in [2.45, 2.75) is 44.3 Å². The molecule has 0 aliphatic carbocycles. The van der Waals surface area contributed by atoms with Crippen LogP contribution in [0.1, 0.15) is 47.0 Å². The van der Waals surface area contributed by atoms with E-state index in [9.17, 15) is 27.6 Å². The van der Waals surface area contributed by atoms with Crippen LogP contribution in [0.2, 0.25) is 0 Å². The first kappa shape index (κ1) is 25.8. The molecule has 13 heteroatoms. The van der Waals surface area contributed by atoms with Gasteiger partial charge in [0.25, 0.3) is 15.9 Å².